The Morgan fingerprint density at radius 3 is 2.83 bits per heavy atom. The van der Waals surface area contributed by atoms with Crippen LogP contribution in [-0.4, -0.2) is 28.2 Å². The van der Waals surface area contributed by atoms with E-state index in [-0.39, 0.29) is 5.91 Å². The minimum atomic E-state index is -0.435. The molecule has 0 fully saturated rings. The molecule has 0 radical (unpaired) electrons. The van der Waals surface area contributed by atoms with Gasteiger partial charge in [-0.3, -0.25) is 4.79 Å². The van der Waals surface area contributed by atoms with E-state index in [2.05, 4.69) is 40.6 Å². The summed E-state index contributed by atoms with van der Waals surface area (Å²) >= 11 is 2.72. The molecule has 0 aliphatic heterocycles. The molecular formula is C27H24N4O2S2. The zero-order valence-electron chi connectivity index (χ0n) is 19.4. The van der Waals surface area contributed by atoms with Crippen molar-refractivity contribution < 1.29 is 9.53 Å². The van der Waals surface area contributed by atoms with Gasteiger partial charge in [0, 0.05) is 5.69 Å². The predicted octanol–water partition coefficient (Wildman–Crippen LogP) is 5.96. The number of thioether (sulfide) groups is 1. The van der Waals surface area contributed by atoms with Crippen LogP contribution in [0.5, 0.6) is 5.75 Å². The van der Waals surface area contributed by atoms with E-state index in [0.717, 1.165) is 46.5 Å². The highest BCUT2D eigenvalue weighted by Crippen LogP contribution is 2.36. The number of amides is 1. The van der Waals surface area contributed by atoms with Crippen LogP contribution in [0.3, 0.4) is 0 Å². The van der Waals surface area contributed by atoms with Gasteiger partial charge >= 0.3 is 0 Å². The number of nitrogens with zero attached hydrogens (tertiary/aromatic N) is 3. The molecular weight excluding hydrogens is 476 g/mol. The molecule has 0 saturated heterocycles. The second-order valence-corrected chi connectivity index (χ2v) is 10.9. The van der Waals surface area contributed by atoms with Gasteiger partial charge < -0.3 is 10.1 Å². The maximum absolute atomic E-state index is 12.9. The standard InChI is InChI=1S/C27H24N4O2S2/c1-16(25(32)31-27-30-23-11-9-21(33-2)14-24(23)35-27)34-26-20(15-28)13-19-12-18(8-10-22(19)29-26)17-6-4-3-5-7-17/h3-7,9,11,13-14,16,18H,8,10,12H2,1-2H3,(H,30,31,32). The van der Waals surface area contributed by atoms with E-state index in [0.29, 0.717) is 21.6 Å². The lowest BCUT2D eigenvalue weighted by molar-refractivity contribution is -0.115. The largest absolute Gasteiger partial charge is 0.497 e. The Morgan fingerprint density at radius 2 is 2.06 bits per heavy atom. The van der Waals surface area contributed by atoms with Gasteiger partial charge in [-0.15, -0.1) is 0 Å². The molecule has 1 aliphatic carbocycles. The van der Waals surface area contributed by atoms with Gasteiger partial charge in [0.1, 0.15) is 16.8 Å². The van der Waals surface area contributed by atoms with Crippen LogP contribution in [-0.2, 0) is 17.6 Å². The van der Waals surface area contributed by atoms with Crippen LogP contribution in [0.25, 0.3) is 10.2 Å². The first kappa shape index (κ1) is 23.3. The van der Waals surface area contributed by atoms with Crippen LogP contribution in [0.2, 0.25) is 0 Å². The topological polar surface area (TPSA) is 87.9 Å². The Hall–Kier alpha value is -3.41. The van der Waals surface area contributed by atoms with Crippen molar-refractivity contribution in [3.05, 3.63) is 77.0 Å². The summed E-state index contributed by atoms with van der Waals surface area (Å²) in [5.41, 5.74) is 4.82. The van der Waals surface area contributed by atoms with Gasteiger partial charge in [0.25, 0.3) is 0 Å². The average Bonchev–Trinajstić information content (AvgIpc) is 3.29. The van der Waals surface area contributed by atoms with Crippen molar-refractivity contribution in [3.63, 3.8) is 0 Å². The molecule has 4 aromatic rings. The number of fused-ring (bicyclic) bond motifs is 2. The molecule has 1 aliphatic rings. The van der Waals surface area contributed by atoms with E-state index in [1.165, 1.54) is 28.7 Å². The summed E-state index contributed by atoms with van der Waals surface area (Å²) in [5, 5.41) is 13.4. The molecule has 2 aromatic heterocycles. The quantitative estimate of drug-likeness (QED) is 0.329. The first-order valence-corrected chi connectivity index (χ1v) is 13.1. The number of rotatable bonds is 6. The Labute approximate surface area is 212 Å². The average molecular weight is 501 g/mol. The number of hydrogen-bond acceptors (Lipinski definition) is 7. The summed E-state index contributed by atoms with van der Waals surface area (Å²) in [6.07, 6.45) is 2.77. The monoisotopic (exact) mass is 500 g/mol. The third kappa shape index (κ3) is 5.02. The molecule has 1 amide bonds. The highest BCUT2D eigenvalue weighted by atomic mass is 32.2. The zero-order chi connectivity index (χ0) is 24.4. The fraction of sp³-hybridized carbons (Fsp3) is 0.259. The number of hydrogen-bond donors (Lipinski definition) is 1. The summed E-state index contributed by atoms with van der Waals surface area (Å²) < 4.78 is 6.20. The second-order valence-electron chi connectivity index (χ2n) is 8.51. The lowest BCUT2D eigenvalue weighted by Gasteiger charge is -2.25. The van der Waals surface area contributed by atoms with Crippen molar-refractivity contribution in [1.29, 1.82) is 5.26 Å². The van der Waals surface area contributed by atoms with E-state index in [4.69, 9.17) is 9.72 Å². The number of aromatic nitrogens is 2. The van der Waals surface area contributed by atoms with Crippen LogP contribution < -0.4 is 10.1 Å². The molecule has 35 heavy (non-hydrogen) atoms. The number of thiazole rings is 1. The van der Waals surface area contributed by atoms with Crippen molar-refractivity contribution in [1.82, 2.24) is 9.97 Å². The van der Waals surface area contributed by atoms with Gasteiger partial charge in [0.05, 0.1) is 28.1 Å². The molecule has 6 nitrogen and oxygen atoms in total. The summed E-state index contributed by atoms with van der Waals surface area (Å²) in [5.74, 6) is 1.02. The van der Waals surface area contributed by atoms with Crippen molar-refractivity contribution in [2.75, 3.05) is 12.4 Å². The Morgan fingerprint density at radius 1 is 1.23 bits per heavy atom. The minimum absolute atomic E-state index is 0.173. The van der Waals surface area contributed by atoms with Gasteiger partial charge in [-0.05, 0) is 67.5 Å². The first-order chi connectivity index (χ1) is 17.0. The summed E-state index contributed by atoms with van der Waals surface area (Å²) in [6.45, 7) is 1.82. The first-order valence-electron chi connectivity index (χ1n) is 11.4. The van der Waals surface area contributed by atoms with Crippen molar-refractivity contribution in [2.24, 2.45) is 0 Å². The van der Waals surface area contributed by atoms with Crippen LogP contribution in [0, 0.1) is 11.3 Å². The van der Waals surface area contributed by atoms with E-state index in [9.17, 15) is 10.1 Å². The van der Waals surface area contributed by atoms with Gasteiger partial charge in [-0.2, -0.15) is 5.26 Å². The van der Waals surface area contributed by atoms with Gasteiger partial charge in [0.2, 0.25) is 5.91 Å². The SMILES string of the molecule is COc1ccc2nc(NC(=O)C(C)Sc3nc4c(cc3C#N)CC(c3ccccc3)CC4)sc2c1. The van der Waals surface area contributed by atoms with Crippen molar-refractivity contribution >= 4 is 44.4 Å². The van der Waals surface area contributed by atoms with Crippen LogP contribution in [0.1, 0.15) is 41.6 Å². The molecule has 0 bridgehead atoms. The summed E-state index contributed by atoms with van der Waals surface area (Å²) in [7, 11) is 1.62. The van der Waals surface area contributed by atoms with Crippen molar-refractivity contribution in [3.8, 4) is 11.8 Å². The molecule has 0 spiro atoms. The molecule has 2 unspecified atom stereocenters. The number of ether oxygens (including phenoxy) is 1. The number of aryl methyl sites for hydroxylation is 1. The number of pyridine rings is 1. The minimum Gasteiger partial charge on any atom is -0.497 e. The number of carbonyl (C=O) groups excluding carboxylic acids is 1. The molecule has 2 heterocycles. The van der Waals surface area contributed by atoms with E-state index >= 15 is 0 Å². The number of carbonyl (C=O) groups is 1. The van der Waals surface area contributed by atoms with Gasteiger partial charge in [0.15, 0.2) is 5.13 Å². The van der Waals surface area contributed by atoms with Gasteiger partial charge in [-0.25, -0.2) is 9.97 Å². The number of nitriles is 1. The predicted molar refractivity (Wildman–Crippen MR) is 140 cm³/mol. The normalized spacial score (nSPS) is 15.7. The third-order valence-electron chi connectivity index (χ3n) is 6.23. The fourth-order valence-corrected chi connectivity index (χ4v) is 6.13. The number of anilines is 1. The Bertz CT molecular complexity index is 1430. The number of nitrogens with one attached hydrogen (secondary N) is 1. The number of methoxy groups -OCH3 is 1. The molecule has 8 heteroatoms. The van der Waals surface area contributed by atoms with Crippen LogP contribution in [0.4, 0.5) is 5.13 Å². The molecule has 0 saturated carbocycles. The summed E-state index contributed by atoms with van der Waals surface area (Å²) in [6, 6.07) is 20.4. The van der Waals surface area contributed by atoms with Crippen LogP contribution >= 0.6 is 23.1 Å². The second kappa shape index (κ2) is 10.1. The highest BCUT2D eigenvalue weighted by Gasteiger charge is 2.25. The van der Waals surface area contributed by atoms with Gasteiger partial charge in [-0.1, -0.05) is 53.4 Å². The fourth-order valence-electron chi connectivity index (χ4n) is 4.34. The Kier molecular flexibility index (Phi) is 6.71. The van der Waals surface area contributed by atoms with Crippen molar-refractivity contribution in [2.45, 2.75) is 42.4 Å². The molecule has 5 rings (SSSR count). The lowest BCUT2D eigenvalue weighted by atomic mass is 9.82. The van der Waals surface area contributed by atoms with E-state index < -0.39 is 5.25 Å². The third-order valence-corrected chi connectivity index (χ3v) is 8.26. The van der Waals surface area contributed by atoms with E-state index in [1.54, 1.807) is 7.11 Å². The molecule has 1 N–H and O–H groups in total. The Balaban J connectivity index is 1.30. The highest BCUT2D eigenvalue weighted by molar-refractivity contribution is 8.00. The zero-order valence-corrected chi connectivity index (χ0v) is 21.1. The lowest BCUT2D eigenvalue weighted by Crippen LogP contribution is -2.23. The van der Waals surface area contributed by atoms with E-state index in [1.807, 2.05) is 37.3 Å². The molecule has 2 atom stereocenters. The molecule has 2 aromatic carbocycles. The molecule has 176 valence electrons. The smallest absolute Gasteiger partial charge is 0.239 e. The summed E-state index contributed by atoms with van der Waals surface area (Å²) in [4.78, 5) is 22.2. The van der Waals surface area contributed by atoms with Crippen LogP contribution in [0.15, 0.2) is 59.6 Å². The maximum Gasteiger partial charge on any atom is 0.239 e. The number of benzene rings is 2. The maximum atomic E-state index is 12.9.